The van der Waals surface area contributed by atoms with Crippen LogP contribution >= 0.6 is 11.3 Å². The summed E-state index contributed by atoms with van der Waals surface area (Å²) in [4.78, 5) is 6.62. The number of piperazine rings is 1. The molecule has 1 aliphatic carbocycles. The molecule has 0 bridgehead atoms. The van der Waals surface area contributed by atoms with Gasteiger partial charge in [0.05, 0.1) is 12.6 Å². The van der Waals surface area contributed by atoms with Gasteiger partial charge in [-0.25, -0.2) is 4.68 Å². The third-order valence-electron chi connectivity index (χ3n) is 5.92. The van der Waals surface area contributed by atoms with Crippen molar-refractivity contribution in [2.45, 2.75) is 58.2 Å². The number of thiophene rings is 1. The van der Waals surface area contributed by atoms with Gasteiger partial charge in [-0.3, -0.25) is 9.80 Å². The Kier molecular flexibility index (Phi) is 5.66. The fourth-order valence-electron chi connectivity index (χ4n) is 4.62. The van der Waals surface area contributed by atoms with E-state index in [0.717, 1.165) is 31.5 Å². The number of hydrogen-bond donors (Lipinski definition) is 0. The zero-order valence-electron chi connectivity index (χ0n) is 15.9. The van der Waals surface area contributed by atoms with Crippen molar-refractivity contribution < 1.29 is 0 Å². The minimum Gasteiger partial charge on any atom is -0.298 e. The number of aromatic nitrogens is 4. The van der Waals surface area contributed by atoms with Crippen molar-refractivity contribution >= 4 is 11.3 Å². The fraction of sp³-hybridized carbons (Fsp3) is 0.737. The standard InChI is InChI=1S/C19H30N6S/c1-15(2)18(19-20-21-22-25(19)14-17-8-5-13-26-17)24-11-9-23(10-12-24)16-6-3-4-7-16/h5,8,13,15-16,18H,3-4,6-7,9-12,14H2,1-2H3/t18-/m1/s1. The number of rotatable bonds is 6. The zero-order chi connectivity index (χ0) is 17.9. The molecule has 2 aromatic heterocycles. The van der Waals surface area contributed by atoms with Crippen LogP contribution in [0, 0.1) is 5.92 Å². The highest BCUT2D eigenvalue weighted by Gasteiger charge is 2.33. The highest BCUT2D eigenvalue weighted by atomic mass is 32.1. The van der Waals surface area contributed by atoms with E-state index in [0.29, 0.717) is 5.92 Å². The van der Waals surface area contributed by atoms with Crippen LogP contribution in [0.25, 0.3) is 0 Å². The van der Waals surface area contributed by atoms with Crippen molar-refractivity contribution in [2.24, 2.45) is 5.92 Å². The molecular formula is C19H30N6S. The molecular weight excluding hydrogens is 344 g/mol. The van der Waals surface area contributed by atoms with E-state index >= 15 is 0 Å². The largest absolute Gasteiger partial charge is 0.298 e. The van der Waals surface area contributed by atoms with Gasteiger partial charge in [0.25, 0.3) is 0 Å². The van der Waals surface area contributed by atoms with Crippen molar-refractivity contribution in [1.29, 1.82) is 0 Å². The third kappa shape index (κ3) is 3.85. The Hall–Kier alpha value is -1.31. The molecule has 0 spiro atoms. The van der Waals surface area contributed by atoms with Crippen molar-refractivity contribution in [2.75, 3.05) is 26.2 Å². The van der Waals surface area contributed by atoms with Crippen LogP contribution in [0.2, 0.25) is 0 Å². The van der Waals surface area contributed by atoms with Gasteiger partial charge in [0.15, 0.2) is 5.82 Å². The van der Waals surface area contributed by atoms with E-state index in [4.69, 9.17) is 0 Å². The lowest BCUT2D eigenvalue weighted by Crippen LogP contribution is -2.51. The molecule has 0 N–H and O–H groups in total. The molecule has 1 atom stereocenters. The molecule has 7 heteroatoms. The van der Waals surface area contributed by atoms with Crippen LogP contribution in [0.3, 0.4) is 0 Å². The highest BCUT2D eigenvalue weighted by Crippen LogP contribution is 2.30. The van der Waals surface area contributed by atoms with Crippen LogP contribution in [0.4, 0.5) is 0 Å². The molecule has 6 nitrogen and oxygen atoms in total. The van der Waals surface area contributed by atoms with Crippen LogP contribution in [-0.2, 0) is 6.54 Å². The molecule has 0 amide bonds. The Morgan fingerprint density at radius 2 is 1.92 bits per heavy atom. The van der Waals surface area contributed by atoms with E-state index in [1.54, 1.807) is 11.3 Å². The number of nitrogens with zero attached hydrogens (tertiary/aromatic N) is 6. The molecule has 1 aliphatic heterocycles. The van der Waals surface area contributed by atoms with Gasteiger partial charge in [-0.2, -0.15) is 0 Å². The molecule has 0 radical (unpaired) electrons. The van der Waals surface area contributed by atoms with Gasteiger partial charge in [-0.15, -0.1) is 16.4 Å². The van der Waals surface area contributed by atoms with Crippen molar-refractivity contribution in [1.82, 2.24) is 30.0 Å². The maximum Gasteiger partial charge on any atom is 0.169 e. The predicted molar refractivity (Wildman–Crippen MR) is 104 cm³/mol. The minimum atomic E-state index is 0.288. The summed E-state index contributed by atoms with van der Waals surface area (Å²) < 4.78 is 2.00. The first-order chi connectivity index (χ1) is 12.7. The van der Waals surface area contributed by atoms with E-state index in [1.165, 1.54) is 43.6 Å². The summed E-state index contributed by atoms with van der Waals surface area (Å²) in [6.07, 6.45) is 5.62. The summed E-state index contributed by atoms with van der Waals surface area (Å²) in [5.41, 5.74) is 0. The van der Waals surface area contributed by atoms with Crippen molar-refractivity contribution in [3.63, 3.8) is 0 Å². The number of tetrazole rings is 1. The Bertz CT molecular complexity index is 668. The Labute approximate surface area is 160 Å². The van der Waals surface area contributed by atoms with E-state index < -0.39 is 0 Å². The molecule has 3 heterocycles. The average Bonchev–Trinajstić information content (AvgIpc) is 3.39. The molecule has 0 aromatic carbocycles. The molecule has 4 rings (SSSR count). The lowest BCUT2D eigenvalue weighted by Gasteiger charge is -2.42. The maximum atomic E-state index is 4.44. The van der Waals surface area contributed by atoms with Gasteiger partial charge in [0, 0.05) is 37.1 Å². The summed E-state index contributed by atoms with van der Waals surface area (Å²) in [5, 5.41) is 14.9. The minimum absolute atomic E-state index is 0.288. The smallest absolute Gasteiger partial charge is 0.169 e. The second-order valence-electron chi connectivity index (χ2n) is 7.97. The first-order valence-electron chi connectivity index (χ1n) is 9.99. The van der Waals surface area contributed by atoms with E-state index in [-0.39, 0.29) is 6.04 Å². The Balaban J connectivity index is 1.46. The molecule has 142 valence electrons. The second-order valence-corrected chi connectivity index (χ2v) is 9.01. The molecule has 2 aliphatic rings. The Morgan fingerprint density at radius 3 is 2.58 bits per heavy atom. The average molecular weight is 375 g/mol. The quantitative estimate of drug-likeness (QED) is 0.778. The van der Waals surface area contributed by atoms with Gasteiger partial charge in [0.2, 0.25) is 0 Å². The molecule has 2 aromatic rings. The lowest BCUT2D eigenvalue weighted by molar-refractivity contribution is 0.0501. The summed E-state index contributed by atoms with van der Waals surface area (Å²) in [7, 11) is 0. The number of hydrogen-bond acceptors (Lipinski definition) is 6. The first-order valence-corrected chi connectivity index (χ1v) is 10.9. The van der Waals surface area contributed by atoms with Gasteiger partial charge in [-0.05, 0) is 40.6 Å². The van der Waals surface area contributed by atoms with Crippen LogP contribution in [-0.4, -0.2) is 62.2 Å². The van der Waals surface area contributed by atoms with Crippen LogP contribution in [0.5, 0.6) is 0 Å². The molecule has 2 fully saturated rings. The summed E-state index contributed by atoms with van der Waals surface area (Å²) in [6, 6.07) is 5.36. The zero-order valence-corrected chi connectivity index (χ0v) is 16.7. The van der Waals surface area contributed by atoms with Crippen LogP contribution in [0.15, 0.2) is 17.5 Å². The van der Waals surface area contributed by atoms with Gasteiger partial charge in [0.1, 0.15) is 0 Å². The maximum absolute atomic E-state index is 4.44. The molecule has 1 saturated carbocycles. The molecule has 0 unspecified atom stereocenters. The van der Waals surface area contributed by atoms with Crippen LogP contribution in [0.1, 0.15) is 56.3 Å². The monoisotopic (exact) mass is 374 g/mol. The van der Waals surface area contributed by atoms with Gasteiger partial charge in [-0.1, -0.05) is 32.8 Å². The SMILES string of the molecule is CC(C)[C@H](c1nnnn1Cc1cccs1)N1CCN(C2CCCC2)CC1. The molecule has 26 heavy (non-hydrogen) atoms. The predicted octanol–water partition coefficient (Wildman–Crippen LogP) is 3.04. The van der Waals surface area contributed by atoms with E-state index in [1.807, 2.05) is 4.68 Å². The van der Waals surface area contributed by atoms with Crippen molar-refractivity contribution in [3.8, 4) is 0 Å². The summed E-state index contributed by atoms with van der Waals surface area (Å²) in [5.74, 6) is 1.50. The van der Waals surface area contributed by atoms with E-state index in [9.17, 15) is 0 Å². The lowest BCUT2D eigenvalue weighted by atomic mass is 10.00. The third-order valence-corrected chi connectivity index (χ3v) is 6.79. The van der Waals surface area contributed by atoms with E-state index in [2.05, 4.69) is 56.7 Å². The first kappa shape index (κ1) is 18.1. The second kappa shape index (κ2) is 8.15. The topological polar surface area (TPSA) is 50.1 Å². The molecule has 1 saturated heterocycles. The van der Waals surface area contributed by atoms with Crippen molar-refractivity contribution in [3.05, 3.63) is 28.2 Å². The van der Waals surface area contributed by atoms with Gasteiger partial charge < -0.3 is 0 Å². The normalized spacial score (nSPS) is 21.7. The Morgan fingerprint density at radius 1 is 1.15 bits per heavy atom. The van der Waals surface area contributed by atoms with Crippen LogP contribution < -0.4 is 0 Å². The highest BCUT2D eigenvalue weighted by molar-refractivity contribution is 7.09. The summed E-state index contributed by atoms with van der Waals surface area (Å²) in [6.45, 7) is 9.94. The van der Waals surface area contributed by atoms with Gasteiger partial charge >= 0.3 is 0 Å². The fourth-order valence-corrected chi connectivity index (χ4v) is 5.31. The summed E-state index contributed by atoms with van der Waals surface area (Å²) >= 11 is 1.76.